The number of nitrogens with one attached hydrogen (secondary N) is 1. The van der Waals surface area contributed by atoms with Gasteiger partial charge < -0.3 is 14.8 Å². The Morgan fingerprint density at radius 1 is 0.943 bits per heavy atom. The molecule has 35 heavy (non-hydrogen) atoms. The van der Waals surface area contributed by atoms with E-state index in [0.29, 0.717) is 19.3 Å². The van der Waals surface area contributed by atoms with Gasteiger partial charge in [-0.25, -0.2) is 4.79 Å². The lowest BCUT2D eigenvalue weighted by atomic mass is 9.86. The summed E-state index contributed by atoms with van der Waals surface area (Å²) in [5.41, 5.74) is 0. The number of unbranched alkanes of at least 4 members (excludes halogenated alkanes) is 11. The summed E-state index contributed by atoms with van der Waals surface area (Å²) in [4.78, 5) is 36.0. The molecule has 6 nitrogen and oxygen atoms in total. The van der Waals surface area contributed by atoms with Crippen molar-refractivity contribution in [2.45, 2.75) is 155 Å². The number of cyclic esters (lactones) is 1. The first-order chi connectivity index (χ1) is 16.9. The van der Waals surface area contributed by atoms with Crippen molar-refractivity contribution in [1.82, 2.24) is 5.32 Å². The van der Waals surface area contributed by atoms with E-state index in [2.05, 4.69) is 19.2 Å². The van der Waals surface area contributed by atoms with Crippen LogP contribution in [0.3, 0.4) is 0 Å². The first-order valence-corrected chi connectivity index (χ1v) is 14.5. The predicted molar refractivity (Wildman–Crippen MR) is 141 cm³/mol. The van der Waals surface area contributed by atoms with Gasteiger partial charge in [0, 0.05) is 6.42 Å². The minimum Gasteiger partial charge on any atom is -0.461 e. The van der Waals surface area contributed by atoms with Crippen LogP contribution >= 0.6 is 0 Å². The van der Waals surface area contributed by atoms with Crippen LogP contribution in [0.2, 0.25) is 0 Å². The lowest BCUT2D eigenvalue weighted by Crippen LogP contribution is -2.48. The predicted octanol–water partition coefficient (Wildman–Crippen LogP) is 6.88. The molecule has 0 aliphatic carbocycles. The van der Waals surface area contributed by atoms with Gasteiger partial charge in [0.1, 0.15) is 18.2 Å². The number of hydrogen-bond donors (Lipinski definition) is 1. The number of hydrogen-bond acceptors (Lipinski definition) is 5. The summed E-state index contributed by atoms with van der Waals surface area (Å²) in [7, 11) is 0. The lowest BCUT2D eigenvalue weighted by Gasteiger charge is -2.37. The molecule has 1 amide bonds. The smallest absolute Gasteiger partial charge is 0.328 e. The minimum atomic E-state index is -0.632. The van der Waals surface area contributed by atoms with E-state index in [9.17, 15) is 14.4 Å². The Morgan fingerprint density at radius 3 is 2.06 bits per heavy atom. The van der Waals surface area contributed by atoms with Crippen molar-refractivity contribution < 1.29 is 23.9 Å². The highest BCUT2D eigenvalue weighted by molar-refractivity contribution is 5.79. The van der Waals surface area contributed by atoms with Crippen molar-refractivity contribution in [1.29, 1.82) is 0 Å². The third-order valence-electron chi connectivity index (χ3n) is 7.06. The summed E-state index contributed by atoms with van der Waals surface area (Å²) < 4.78 is 11.4. The number of carbonyl (C=O) groups excluding carboxylic acids is 3. The molecule has 1 aliphatic rings. The monoisotopic (exact) mass is 495 g/mol. The highest BCUT2D eigenvalue weighted by Gasteiger charge is 2.43. The standard InChI is InChI=1S/C29H53NO5/c1-5-7-9-11-12-13-14-15-16-18-24(34-29(33)26(30-22-31)20-23(3)4)21-27-25(28(32)35-27)19-17-10-8-6-2/h22-27H,5-21H2,1-4H3,(H,30,31)/t24-,25+,26-,27?/m0/s1. The van der Waals surface area contributed by atoms with Crippen LogP contribution in [0.4, 0.5) is 0 Å². The van der Waals surface area contributed by atoms with E-state index in [1.807, 2.05) is 13.8 Å². The zero-order chi connectivity index (χ0) is 25.9. The van der Waals surface area contributed by atoms with Crippen LogP contribution in [0.15, 0.2) is 0 Å². The van der Waals surface area contributed by atoms with Crippen molar-refractivity contribution in [3.8, 4) is 0 Å². The van der Waals surface area contributed by atoms with E-state index in [1.165, 1.54) is 57.8 Å². The van der Waals surface area contributed by atoms with Crippen LogP contribution in [0.25, 0.3) is 0 Å². The van der Waals surface area contributed by atoms with E-state index in [0.717, 1.165) is 38.5 Å². The fourth-order valence-electron chi connectivity index (χ4n) is 4.90. The molecule has 0 bridgehead atoms. The van der Waals surface area contributed by atoms with Gasteiger partial charge in [0.2, 0.25) is 6.41 Å². The van der Waals surface area contributed by atoms with E-state index >= 15 is 0 Å². The zero-order valence-electron chi connectivity index (χ0n) is 23.0. The molecule has 1 unspecified atom stereocenters. The quantitative estimate of drug-likeness (QED) is 0.0949. The van der Waals surface area contributed by atoms with Gasteiger partial charge in [-0.3, -0.25) is 9.59 Å². The molecule has 6 heteroatoms. The maximum absolute atomic E-state index is 12.9. The topological polar surface area (TPSA) is 81.7 Å². The van der Waals surface area contributed by atoms with E-state index < -0.39 is 6.04 Å². The van der Waals surface area contributed by atoms with Gasteiger partial charge in [-0.15, -0.1) is 0 Å². The first kappa shape index (κ1) is 31.4. The largest absolute Gasteiger partial charge is 0.461 e. The first-order valence-electron chi connectivity index (χ1n) is 14.5. The van der Waals surface area contributed by atoms with E-state index in [1.54, 1.807) is 0 Å². The summed E-state index contributed by atoms with van der Waals surface area (Å²) in [6, 6.07) is -0.632. The molecular weight excluding hydrogens is 442 g/mol. The maximum Gasteiger partial charge on any atom is 0.328 e. The van der Waals surface area contributed by atoms with E-state index in [4.69, 9.17) is 9.47 Å². The minimum absolute atomic E-state index is 0.0734. The Bertz CT molecular complexity index is 579. The Morgan fingerprint density at radius 2 is 1.51 bits per heavy atom. The zero-order valence-corrected chi connectivity index (χ0v) is 23.0. The Hall–Kier alpha value is -1.59. The van der Waals surface area contributed by atoms with Gasteiger partial charge in [0.15, 0.2) is 0 Å². The molecule has 0 aromatic rings. The van der Waals surface area contributed by atoms with Crippen molar-refractivity contribution in [3.05, 3.63) is 0 Å². The lowest BCUT2D eigenvalue weighted by molar-refractivity contribution is -0.190. The number of carbonyl (C=O) groups is 3. The number of rotatable bonds is 23. The van der Waals surface area contributed by atoms with E-state index in [-0.39, 0.29) is 36.0 Å². The van der Waals surface area contributed by atoms with Crippen molar-refractivity contribution in [3.63, 3.8) is 0 Å². The van der Waals surface area contributed by atoms with Crippen LogP contribution in [0.1, 0.15) is 137 Å². The third-order valence-corrected chi connectivity index (χ3v) is 7.06. The van der Waals surface area contributed by atoms with Crippen molar-refractivity contribution >= 4 is 18.3 Å². The van der Waals surface area contributed by atoms with Crippen LogP contribution in [0, 0.1) is 11.8 Å². The summed E-state index contributed by atoms with van der Waals surface area (Å²) in [6.45, 7) is 8.45. The van der Waals surface area contributed by atoms with Gasteiger partial charge in [0.25, 0.3) is 0 Å². The third kappa shape index (κ3) is 13.9. The average molecular weight is 496 g/mol. The Balaban J connectivity index is 2.58. The van der Waals surface area contributed by atoms with Gasteiger partial charge in [-0.2, -0.15) is 0 Å². The van der Waals surface area contributed by atoms with Crippen LogP contribution in [-0.4, -0.2) is 36.6 Å². The number of amides is 1. The highest BCUT2D eigenvalue weighted by atomic mass is 16.6. The van der Waals surface area contributed by atoms with Crippen molar-refractivity contribution in [2.75, 3.05) is 0 Å². The normalized spacial score (nSPS) is 19.1. The summed E-state index contributed by atoms with van der Waals surface area (Å²) >= 11 is 0. The second kappa shape index (κ2) is 19.6. The SMILES string of the molecule is CCCCCCCCCCC[C@@H](CC1OC(=O)[C@@H]1CCCCCC)OC(=O)[C@H](CC(C)C)NC=O. The fraction of sp³-hybridized carbons (Fsp3) is 0.897. The summed E-state index contributed by atoms with van der Waals surface area (Å²) in [6.07, 6.45) is 18.5. The van der Waals surface area contributed by atoms with Gasteiger partial charge >= 0.3 is 11.9 Å². The molecule has 1 N–H and O–H groups in total. The van der Waals surface area contributed by atoms with Crippen LogP contribution in [-0.2, 0) is 23.9 Å². The second-order valence-corrected chi connectivity index (χ2v) is 10.8. The molecule has 0 spiro atoms. The molecule has 0 aromatic carbocycles. The molecule has 0 aromatic heterocycles. The fourth-order valence-corrected chi connectivity index (χ4v) is 4.90. The van der Waals surface area contributed by atoms with Gasteiger partial charge in [-0.05, 0) is 31.6 Å². The van der Waals surface area contributed by atoms with Crippen LogP contribution in [0.5, 0.6) is 0 Å². The molecule has 1 rings (SSSR count). The molecule has 1 saturated heterocycles. The summed E-state index contributed by atoms with van der Waals surface area (Å²) in [5.74, 6) is -0.302. The molecule has 4 atom stereocenters. The highest BCUT2D eigenvalue weighted by Crippen LogP contribution is 2.32. The molecule has 0 saturated carbocycles. The molecule has 1 fully saturated rings. The van der Waals surface area contributed by atoms with Crippen molar-refractivity contribution in [2.24, 2.45) is 11.8 Å². The van der Waals surface area contributed by atoms with Crippen LogP contribution < -0.4 is 5.32 Å². The maximum atomic E-state index is 12.9. The second-order valence-electron chi connectivity index (χ2n) is 10.8. The van der Waals surface area contributed by atoms with Gasteiger partial charge in [-0.1, -0.05) is 105 Å². The Kier molecular flexibility index (Phi) is 17.6. The molecule has 204 valence electrons. The average Bonchev–Trinajstić information content (AvgIpc) is 2.81. The molecule has 1 heterocycles. The summed E-state index contributed by atoms with van der Waals surface area (Å²) in [5, 5.41) is 2.62. The number of ether oxygens (including phenoxy) is 2. The molecule has 0 radical (unpaired) electrons. The number of esters is 2. The Labute approximate surface area is 214 Å². The van der Waals surface area contributed by atoms with Gasteiger partial charge in [0.05, 0.1) is 5.92 Å². The molecular formula is C29H53NO5. The molecule has 1 aliphatic heterocycles.